The molecule has 0 aromatic heterocycles. The van der Waals surface area contributed by atoms with E-state index in [1.807, 2.05) is 0 Å². The van der Waals surface area contributed by atoms with Crippen LogP contribution in [0, 0.1) is 11.8 Å². The van der Waals surface area contributed by atoms with Crippen molar-refractivity contribution in [2.24, 2.45) is 11.8 Å². The van der Waals surface area contributed by atoms with Crippen LogP contribution in [0.15, 0.2) is 34.9 Å². The average molecular weight is 748 g/mol. The summed E-state index contributed by atoms with van der Waals surface area (Å²) in [6.45, 7) is 14.6. The molecule has 0 aromatic carbocycles. The van der Waals surface area contributed by atoms with Gasteiger partial charge >= 0.3 is 5.30 Å². The smallest absolute Gasteiger partial charge is 0.394 e. The van der Waals surface area contributed by atoms with Crippen molar-refractivity contribution in [1.29, 1.82) is 0 Å². The minimum atomic E-state index is -0.896. The summed E-state index contributed by atoms with van der Waals surface area (Å²) >= 11 is 12.7. The minimum Gasteiger partial charge on any atom is -0.454 e. The van der Waals surface area contributed by atoms with Gasteiger partial charge in [-0.05, 0) is 75.5 Å². The Bertz CT molecular complexity index is 1160. The Labute approximate surface area is 307 Å². The summed E-state index contributed by atoms with van der Waals surface area (Å²) in [6, 6.07) is -1.73. The Morgan fingerprint density at radius 1 is 1.04 bits per heavy atom. The first-order chi connectivity index (χ1) is 23.1. The summed E-state index contributed by atoms with van der Waals surface area (Å²) in [4.78, 5) is 67.2. The van der Waals surface area contributed by atoms with Crippen LogP contribution in [0.5, 0.6) is 0 Å². The molecular weight excluding hydrogens is 691 g/mol. The van der Waals surface area contributed by atoms with E-state index in [0.29, 0.717) is 68.6 Å². The number of allylic oxidation sites excluding steroid dienone is 3. The molecule has 2 rings (SSSR count). The van der Waals surface area contributed by atoms with E-state index in [2.05, 4.69) is 39.2 Å². The van der Waals surface area contributed by atoms with Crippen LogP contribution in [-0.4, -0.2) is 110 Å². The van der Waals surface area contributed by atoms with Crippen LogP contribution in [-0.2, 0) is 28.1 Å². The van der Waals surface area contributed by atoms with Crippen molar-refractivity contribution in [2.45, 2.75) is 96.7 Å². The van der Waals surface area contributed by atoms with Gasteiger partial charge < -0.3 is 33.7 Å². The lowest BCUT2D eigenvalue weighted by Gasteiger charge is -2.34. The fraction of sp³-hybridized carbons (Fsp3) is 0.686. The fourth-order valence-corrected chi connectivity index (χ4v) is 5.70. The maximum absolute atomic E-state index is 13.8. The summed E-state index contributed by atoms with van der Waals surface area (Å²) in [6.07, 6.45) is 8.16. The van der Waals surface area contributed by atoms with Crippen LogP contribution >= 0.6 is 35.2 Å². The molecule has 1 aliphatic heterocycles. The minimum absolute atomic E-state index is 0.00291. The van der Waals surface area contributed by atoms with E-state index >= 15 is 0 Å². The Balaban J connectivity index is 0.00000283. The third-order valence-corrected chi connectivity index (χ3v) is 8.82. The van der Waals surface area contributed by atoms with E-state index < -0.39 is 17.4 Å². The van der Waals surface area contributed by atoms with Crippen LogP contribution in [0.2, 0.25) is 0 Å². The predicted molar refractivity (Wildman–Crippen MR) is 197 cm³/mol. The lowest BCUT2D eigenvalue weighted by atomic mass is 10.0. The fourth-order valence-electron chi connectivity index (χ4n) is 5.02. The predicted octanol–water partition coefficient (Wildman–Crippen LogP) is 6.31. The molecule has 1 N–H and O–H groups in total. The Hall–Kier alpha value is -2.38. The van der Waals surface area contributed by atoms with Gasteiger partial charge in [0.25, 0.3) is 0 Å². The van der Waals surface area contributed by atoms with Crippen LogP contribution in [0.3, 0.4) is 0 Å². The number of nitrogens with zero attached hydrogens (tertiary/aromatic N) is 3. The van der Waals surface area contributed by atoms with Gasteiger partial charge in [0, 0.05) is 43.5 Å². The molecule has 11 nitrogen and oxygen atoms in total. The molecule has 1 aliphatic carbocycles. The molecule has 0 bridgehead atoms. The number of hydrogen-bond acceptors (Lipinski definition) is 9. The zero-order chi connectivity index (χ0) is 37.1. The third-order valence-electron chi connectivity index (χ3n) is 7.93. The highest BCUT2D eigenvalue weighted by atomic mass is 35.5. The number of hydrogen-bond donors (Lipinski definition) is 1. The normalized spacial score (nSPS) is 17.0. The number of unbranched alkanes of at least 4 members (excludes halogenated alkanes) is 1. The van der Waals surface area contributed by atoms with Gasteiger partial charge in [0.15, 0.2) is 0 Å². The molecule has 49 heavy (non-hydrogen) atoms. The number of carbonyl (C=O) groups excluding carboxylic acids is 5. The van der Waals surface area contributed by atoms with Crippen molar-refractivity contribution in [3.05, 3.63) is 34.9 Å². The molecule has 1 heterocycles. The molecule has 2 unspecified atom stereocenters. The van der Waals surface area contributed by atoms with E-state index in [1.54, 1.807) is 26.0 Å². The summed E-state index contributed by atoms with van der Waals surface area (Å²) < 4.78 is 10.8. The zero-order valence-electron chi connectivity index (χ0n) is 30.0. The number of nitrogens with one attached hydrogen (secondary N) is 1. The van der Waals surface area contributed by atoms with Crippen molar-refractivity contribution >= 4 is 64.6 Å². The van der Waals surface area contributed by atoms with Gasteiger partial charge in [-0.15, -0.1) is 0 Å². The van der Waals surface area contributed by atoms with Gasteiger partial charge in [-0.25, -0.2) is 4.79 Å². The largest absolute Gasteiger partial charge is 0.454 e. The first kappa shape index (κ1) is 44.6. The van der Waals surface area contributed by atoms with Gasteiger partial charge in [0.1, 0.15) is 31.0 Å². The second-order valence-electron chi connectivity index (χ2n) is 13.2. The van der Waals surface area contributed by atoms with Gasteiger partial charge in [-0.1, -0.05) is 57.1 Å². The maximum atomic E-state index is 13.8. The summed E-state index contributed by atoms with van der Waals surface area (Å²) in [5.74, 6) is 0.702. The van der Waals surface area contributed by atoms with Crippen LogP contribution in [0.25, 0.3) is 0 Å². The van der Waals surface area contributed by atoms with Gasteiger partial charge in [0.05, 0.1) is 25.2 Å². The lowest BCUT2D eigenvalue weighted by Crippen LogP contribution is -2.53. The number of carbonyl (C=O) groups is 5. The monoisotopic (exact) mass is 746 g/mol. The average Bonchev–Trinajstić information content (AvgIpc) is 3.72. The maximum Gasteiger partial charge on any atom is 0.394 e. The summed E-state index contributed by atoms with van der Waals surface area (Å²) in [5, 5.41) is 2.56. The molecule has 2 fully saturated rings. The SMILES string of the molecule is C=C(Cl)/C=C(/C[C@@H](C(=O)N1CCCC1COC(=O)SOCCCCC(C=O)N(C)C(=O)CC1CC1)N(C)C(=O)CNC)C(=C)Cl.CC(C)C. The third kappa shape index (κ3) is 17.9. The standard InChI is InChI=1S/C31H46Cl2N4O7S.C4H10/c1-21(32)15-24(22(2)33)17-27(36(5)29(40)18-34-3)30(41)37-13-8-10-26(37)20-43-31(42)45-44-14-7-6-9-25(19-38)35(4)28(39)16-23-11-12-23;1-4(2)3/h15,19,23,25-27,34H,1-2,6-14,16-18,20H2,3-5H3;4H,1-3H3/b24-15-;/t25?,26?,27-;/m0./s1. The number of ether oxygens (including phenoxy) is 1. The van der Waals surface area contributed by atoms with Crippen LogP contribution < -0.4 is 5.32 Å². The number of likely N-dealkylation sites (N-methyl/N-ethyl adjacent to an activating group) is 3. The first-order valence-corrected chi connectivity index (χ1v) is 18.4. The molecule has 3 atom stereocenters. The van der Waals surface area contributed by atoms with Crippen LogP contribution in [0.1, 0.15) is 78.6 Å². The van der Waals surface area contributed by atoms with E-state index in [0.717, 1.165) is 25.0 Å². The highest BCUT2D eigenvalue weighted by Gasteiger charge is 2.37. The Morgan fingerprint density at radius 2 is 1.69 bits per heavy atom. The van der Waals surface area contributed by atoms with Gasteiger partial charge in [-0.2, -0.15) is 0 Å². The second-order valence-corrected chi connectivity index (χ2v) is 14.8. The molecule has 1 saturated carbocycles. The molecule has 0 radical (unpaired) electrons. The molecular formula is C35H56Cl2N4O7S. The van der Waals surface area contributed by atoms with Gasteiger partial charge in [0.2, 0.25) is 17.7 Å². The van der Waals surface area contributed by atoms with Crippen LogP contribution in [0.4, 0.5) is 4.79 Å². The molecule has 2 aliphatic rings. The molecule has 1 saturated heterocycles. The van der Waals surface area contributed by atoms with Gasteiger partial charge in [-0.3, -0.25) is 14.4 Å². The number of aldehydes is 1. The highest BCUT2D eigenvalue weighted by molar-refractivity contribution is 8.09. The van der Waals surface area contributed by atoms with E-state index in [1.165, 1.54) is 15.9 Å². The molecule has 0 aromatic rings. The molecule has 0 spiro atoms. The Morgan fingerprint density at radius 3 is 2.24 bits per heavy atom. The zero-order valence-corrected chi connectivity index (χ0v) is 32.3. The lowest BCUT2D eigenvalue weighted by molar-refractivity contribution is -0.145. The summed E-state index contributed by atoms with van der Waals surface area (Å²) in [5.41, 5.74) is 0.477. The number of amides is 3. The van der Waals surface area contributed by atoms with Crippen molar-refractivity contribution < 1.29 is 32.9 Å². The molecule has 14 heteroatoms. The highest BCUT2D eigenvalue weighted by Crippen LogP contribution is 2.33. The number of likely N-dealkylation sites (tertiary alicyclic amines) is 1. The van der Waals surface area contributed by atoms with Crippen molar-refractivity contribution in [3.8, 4) is 0 Å². The quantitative estimate of drug-likeness (QED) is 0.0502. The first-order valence-electron chi connectivity index (χ1n) is 16.9. The topological polar surface area (TPSA) is 126 Å². The van der Waals surface area contributed by atoms with E-state index in [9.17, 15) is 24.0 Å². The Kier molecular flexibility index (Phi) is 21.8. The number of rotatable bonds is 20. The number of halogens is 2. The van der Waals surface area contributed by atoms with Crippen molar-refractivity contribution in [1.82, 2.24) is 20.0 Å². The summed E-state index contributed by atoms with van der Waals surface area (Å²) in [7, 11) is 4.86. The molecule has 278 valence electrons. The molecule has 3 amide bonds. The van der Waals surface area contributed by atoms with E-state index in [-0.39, 0.29) is 60.0 Å². The van der Waals surface area contributed by atoms with E-state index in [4.69, 9.17) is 32.1 Å². The second kappa shape index (κ2) is 23.9. The van der Waals surface area contributed by atoms with Crippen molar-refractivity contribution in [2.75, 3.05) is 47.4 Å². The van der Waals surface area contributed by atoms with Crippen molar-refractivity contribution in [3.63, 3.8) is 0 Å².